The molecule has 29 heavy (non-hydrogen) atoms. The minimum absolute atomic E-state index is 0. The maximum absolute atomic E-state index is 12.8. The molecule has 1 aliphatic rings. The summed E-state index contributed by atoms with van der Waals surface area (Å²) in [5.41, 5.74) is 7.06. The Bertz CT molecular complexity index is 790. The van der Waals surface area contributed by atoms with Crippen molar-refractivity contribution in [3.05, 3.63) is 54.4 Å². The van der Waals surface area contributed by atoms with Crippen LogP contribution in [0.4, 0.5) is 5.69 Å². The number of nitrogens with zero attached hydrogens (tertiary/aromatic N) is 1. The van der Waals surface area contributed by atoms with E-state index in [1.807, 2.05) is 57.3 Å². The molecule has 3 N–H and O–H groups in total. The van der Waals surface area contributed by atoms with Crippen LogP contribution in [-0.2, 0) is 15.3 Å². The van der Waals surface area contributed by atoms with Gasteiger partial charge in [0, 0.05) is 47.2 Å². The minimum Gasteiger partial charge on any atom is -0.378 e. The molecule has 1 heterocycles. The lowest BCUT2D eigenvalue weighted by Crippen LogP contribution is -2.74. The van der Waals surface area contributed by atoms with E-state index in [9.17, 15) is 4.79 Å². The lowest BCUT2D eigenvalue weighted by atomic mass is 9.54. The summed E-state index contributed by atoms with van der Waals surface area (Å²) < 4.78 is 5.70. The van der Waals surface area contributed by atoms with Crippen molar-refractivity contribution in [1.29, 1.82) is 0 Å². The van der Waals surface area contributed by atoms with Gasteiger partial charge in [-0.3, -0.25) is 9.78 Å². The maximum atomic E-state index is 12.8. The van der Waals surface area contributed by atoms with Gasteiger partial charge in [0.1, 0.15) is 5.54 Å². The maximum Gasteiger partial charge on any atom is 0.245 e. The number of nitrogens with one attached hydrogen (secondary N) is 1. The number of anilines is 1. The molecule has 1 aromatic heterocycles. The molecule has 1 fully saturated rings. The third-order valence-electron chi connectivity index (χ3n) is 5.48. The number of benzene rings is 1. The van der Waals surface area contributed by atoms with Crippen molar-refractivity contribution in [2.45, 2.75) is 49.5 Å². The zero-order valence-electron chi connectivity index (χ0n) is 16.9. The largest absolute Gasteiger partial charge is 0.378 e. The summed E-state index contributed by atoms with van der Waals surface area (Å²) in [5, 5.41) is 2.96. The zero-order valence-corrected chi connectivity index (χ0v) is 19.3. The summed E-state index contributed by atoms with van der Waals surface area (Å²) in [6.45, 7) is 6.58. The van der Waals surface area contributed by atoms with E-state index in [1.165, 1.54) is 5.56 Å². The van der Waals surface area contributed by atoms with E-state index in [-0.39, 0.29) is 36.8 Å². The summed E-state index contributed by atoms with van der Waals surface area (Å²) in [7, 11) is 0. The van der Waals surface area contributed by atoms with Crippen LogP contribution in [0.15, 0.2) is 53.7 Å². The van der Waals surface area contributed by atoms with Gasteiger partial charge in [0.05, 0.1) is 6.10 Å². The number of rotatable bonds is 7. The molecule has 0 bridgehead atoms. The van der Waals surface area contributed by atoms with Gasteiger partial charge in [-0.2, -0.15) is 0 Å². The molecule has 1 saturated carbocycles. The highest BCUT2D eigenvalue weighted by atomic mass is 35.5. The topological polar surface area (TPSA) is 77.2 Å². The molecule has 0 radical (unpaired) electrons. The summed E-state index contributed by atoms with van der Waals surface area (Å²) in [4.78, 5) is 18.0. The predicted molar refractivity (Wildman–Crippen MR) is 124 cm³/mol. The number of nitrogens with two attached hydrogens (primary N) is 1. The first-order valence-electron chi connectivity index (χ1n) is 9.20. The number of ether oxygens (including phenoxy) is 1. The number of thioether (sulfide) groups is 1. The van der Waals surface area contributed by atoms with E-state index in [4.69, 9.17) is 10.5 Å². The lowest BCUT2D eigenvalue weighted by molar-refractivity contribution is -0.166. The number of pyridine rings is 1. The molecule has 0 aliphatic heterocycles. The van der Waals surface area contributed by atoms with Gasteiger partial charge in [-0.1, -0.05) is 19.9 Å². The first-order chi connectivity index (χ1) is 12.9. The molecular formula is C21H29Cl2N3O2S. The molecule has 8 heteroatoms. The van der Waals surface area contributed by atoms with Crippen LogP contribution >= 0.6 is 36.6 Å². The van der Waals surface area contributed by atoms with Crippen LogP contribution in [0.5, 0.6) is 0 Å². The Kier molecular flexibility index (Phi) is 9.44. The van der Waals surface area contributed by atoms with Gasteiger partial charge < -0.3 is 15.8 Å². The molecule has 160 valence electrons. The monoisotopic (exact) mass is 457 g/mol. The van der Waals surface area contributed by atoms with Crippen molar-refractivity contribution < 1.29 is 9.53 Å². The first-order valence-corrected chi connectivity index (χ1v) is 10.2. The molecular weight excluding hydrogens is 429 g/mol. The Hall–Kier alpha value is -1.31. The number of aromatic nitrogens is 1. The van der Waals surface area contributed by atoms with Crippen LogP contribution in [0.1, 0.15) is 32.8 Å². The third kappa shape index (κ3) is 5.44. The highest BCUT2D eigenvalue weighted by Gasteiger charge is 2.62. The average molecular weight is 458 g/mol. The molecule has 2 unspecified atom stereocenters. The SMILES string of the molecule is CCOC1CC(N)(C(=O)Nc2ccc(SCc3cccnc3)cc2)C1(C)C.Cl.Cl. The molecule has 3 rings (SSSR count). The summed E-state index contributed by atoms with van der Waals surface area (Å²) in [6.07, 6.45) is 4.21. The fourth-order valence-electron chi connectivity index (χ4n) is 3.35. The van der Waals surface area contributed by atoms with Crippen molar-refractivity contribution in [3.63, 3.8) is 0 Å². The molecule has 1 aliphatic carbocycles. The van der Waals surface area contributed by atoms with E-state index in [0.717, 1.165) is 16.3 Å². The molecule has 5 nitrogen and oxygen atoms in total. The van der Waals surface area contributed by atoms with Gasteiger partial charge >= 0.3 is 0 Å². The zero-order chi connectivity index (χ0) is 19.5. The van der Waals surface area contributed by atoms with E-state index < -0.39 is 11.0 Å². The van der Waals surface area contributed by atoms with Gasteiger partial charge in [0.2, 0.25) is 5.91 Å². The quantitative estimate of drug-likeness (QED) is 0.589. The van der Waals surface area contributed by atoms with Crippen molar-refractivity contribution in [1.82, 2.24) is 4.98 Å². The van der Waals surface area contributed by atoms with Crippen LogP contribution < -0.4 is 11.1 Å². The molecule has 0 saturated heterocycles. The van der Waals surface area contributed by atoms with Crippen LogP contribution in [-0.4, -0.2) is 29.1 Å². The van der Waals surface area contributed by atoms with Crippen molar-refractivity contribution in [2.75, 3.05) is 11.9 Å². The fourth-order valence-corrected chi connectivity index (χ4v) is 4.18. The average Bonchev–Trinajstić information content (AvgIpc) is 2.68. The number of carbonyl (C=O) groups is 1. The van der Waals surface area contributed by atoms with Crippen molar-refractivity contribution in [2.24, 2.45) is 11.1 Å². The van der Waals surface area contributed by atoms with Crippen molar-refractivity contribution in [3.8, 4) is 0 Å². The van der Waals surface area contributed by atoms with E-state index in [1.54, 1.807) is 18.0 Å². The summed E-state index contributed by atoms with van der Waals surface area (Å²) in [5.74, 6) is 0.706. The molecule has 1 aromatic carbocycles. The van der Waals surface area contributed by atoms with Gasteiger partial charge in [0.25, 0.3) is 0 Å². The Morgan fingerprint density at radius 3 is 2.52 bits per heavy atom. The van der Waals surface area contributed by atoms with Crippen LogP contribution in [0.25, 0.3) is 0 Å². The Labute approximate surface area is 189 Å². The van der Waals surface area contributed by atoms with Crippen LogP contribution in [0.2, 0.25) is 0 Å². The van der Waals surface area contributed by atoms with Gasteiger partial charge in [0.15, 0.2) is 0 Å². The predicted octanol–water partition coefficient (Wildman–Crippen LogP) is 4.69. The van der Waals surface area contributed by atoms with Gasteiger partial charge in [-0.15, -0.1) is 36.6 Å². The highest BCUT2D eigenvalue weighted by molar-refractivity contribution is 7.98. The minimum atomic E-state index is -0.916. The second-order valence-electron chi connectivity index (χ2n) is 7.47. The summed E-state index contributed by atoms with van der Waals surface area (Å²) >= 11 is 1.73. The fraction of sp³-hybridized carbons (Fsp3) is 0.429. The highest BCUT2D eigenvalue weighted by Crippen LogP contribution is 2.50. The Balaban J connectivity index is 0.00000210. The first kappa shape index (κ1) is 25.7. The van der Waals surface area contributed by atoms with Gasteiger partial charge in [-0.25, -0.2) is 0 Å². The molecule has 2 atom stereocenters. The van der Waals surface area contributed by atoms with Crippen LogP contribution in [0.3, 0.4) is 0 Å². The number of hydrogen-bond acceptors (Lipinski definition) is 5. The molecule has 0 spiro atoms. The smallest absolute Gasteiger partial charge is 0.245 e. The standard InChI is InChI=1S/C21H27N3O2S.2ClH/c1-4-26-18-12-21(22,20(18,2)3)19(25)24-16-7-9-17(10-8-16)27-14-15-6-5-11-23-13-15;;/h5-11,13,18H,4,12,14,22H2,1-3H3,(H,24,25);2*1H. The number of amides is 1. The van der Waals surface area contributed by atoms with Gasteiger partial charge in [-0.05, 0) is 42.8 Å². The summed E-state index contributed by atoms with van der Waals surface area (Å²) in [6, 6.07) is 11.8. The number of halogens is 2. The Morgan fingerprint density at radius 1 is 1.28 bits per heavy atom. The van der Waals surface area contributed by atoms with Crippen LogP contribution in [0, 0.1) is 5.41 Å². The molecule has 1 amide bonds. The lowest BCUT2D eigenvalue weighted by Gasteiger charge is -2.57. The Morgan fingerprint density at radius 2 is 1.97 bits per heavy atom. The van der Waals surface area contributed by atoms with Crippen molar-refractivity contribution >= 4 is 48.2 Å². The number of carbonyl (C=O) groups excluding carboxylic acids is 1. The molecule has 2 aromatic rings. The van der Waals surface area contributed by atoms with E-state index >= 15 is 0 Å². The van der Waals surface area contributed by atoms with E-state index in [0.29, 0.717) is 13.0 Å². The second-order valence-corrected chi connectivity index (χ2v) is 8.52. The third-order valence-corrected chi connectivity index (χ3v) is 6.56. The normalized spacial score (nSPS) is 21.9. The second kappa shape index (κ2) is 10.6. The van der Waals surface area contributed by atoms with E-state index in [2.05, 4.69) is 16.4 Å². The number of hydrogen-bond donors (Lipinski definition) is 2.